The topological polar surface area (TPSA) is 85.3 Å². The van der Waals surface area contributed by atoms with Crippen molar-refractivity contribution in [3.8, 4) is 0 Å². The van der Waals surface area contributed by atoms with E-state index in [1.165, 1.54) is 0 Å². The molecule has 114 valence electrons. The summed E-state index contributed by atoms with van der Waals surface area (Å²) in [7, 11) is 0. The summed E-state index contributed by atoms with van der Waals surface area (Å²) in [4.78, 5) is 11.9. The Morgan fingerprint density at radius 1 is 1.29 bits per heavy atom. The van der Waals surface area contributed by atoms with Gasteiger partial charge in [0.15, 0.2) is 11.5 Å². The molecule has 0 fully saturated rings. The minimum Gasteiger partial charge on any atom is -0.346 e. The summed E-state index contributed by atoms with van der Waals surface area (Å²) in [6, 6.07) is 5.58. The smallest absolute Gasteiger partial charge is 0.220 e. The highest BCUT2D eigenvalue weighted by atomic mass is 16.1. The maximum Gasteiger partial charge on any atom is 0.220 e. The van der Waals surface area contributed by atoms with Crippen LogP contribution in [0.2, 0.25) is 0 Å². The summed E-state index contributed by atoms with van der Waals surface area (Å²) in [6.07, 6.45) is 6.52. The van der Waals surface area contributed by atoms with Gasteiger partial charge in [-0.3, -0.25) is 9.20 Å². The Morgan fingerprint density at radius 2 is 2.10 bits per heavy atom. The molecule has 0 saturated carbocycles. The Bertz CT molecular complexity index is 580. The third kappa shape index (κ3) is 4.26. The van der Waals surface area contributed by atoms with Crippen molar-refractivity contribution >= 4 is 11.6 Å². The number of nitrogens with zero attached hydrogens (tertiary/aromatic N) is 3. The predicted molar refractivity (Wildman–Crippen MR) is 81.7 cm³/mol. The van der Waals surface area contributed by atoms with Crippen LogP contribution in [0.15, 0.2) is 24.4 Å². The van der Waals surface area contributed by atoms with E-state index in [0.717, 1.165) is 43.7 Å². The molecule has 21 heavy (non-hydrogen) atoms. The molecule has 1 unspecified atom stereocenters. The molecule has 2 rings (SSSR count). The molecule has 0 bridgehead atoms. The largest absolute Gasteiger partial charge is 0.346 e. The van der Waals surface area contributed by atoms with Crippen LogP contribution < -0.4 is 11.1 Å². The Labute approximate surface area is 124 Å². The molecule has 0 spiro atoms. The summed E-state index contributed by atoms with van der Waals surface area (Å²) in [6.45, 7) is 2.65. The molecule has 2 aromatic heterocycles. The zero-order valence-corrected chi connectivity index (χ0v) is 12.5. The minimum atomic E-state index is -0.154. The fourth-order valence-electron chi connectivity index (χ4n) is 2.32. The lowest BCUT2D eigenvalue weighted by atomic mass is 10.1. The van der Waals surface area contributed by atoms with E-state index in [1.807, 2.05) is 35.7 Å². The summed E-state index contributed by atoms with van der Waals surface area (Å²) >= 11 is 0. The zero-order chi connectivity index (χ0) is 15.1. The van der Waals surface area contributed by atoms with Gasteiger partial charge in [-0.05, 0) is 38.4 Å². The second-order valence-corrected chi connectivity index (χ2v) is 5.23. The van der Waals surface area contributed by atoms with Crippen molar-refractivity contribution in [2.75, 3.05) is 6.54 Å². The molecule has 0 saturated heterocycles. The van der Waals surface area contributed by atoms with Crippen LogP contribution in [0.5, 0.6) is 0 Å². The van der Waals surface area contributed by atoms with Crippen molar-refractivity contribution in [3.63, 3.8) is 0 Å². The third-order valence-electron chi connectivity index (χ3n) is 3.46. The van der Waals surface area contributed by atoms with Crippen LogP contribution in [0.4, 0.5) is 0 Å². The standard InChI is InChI=1S/C15H23N5O/c1-12(17-14(21)9-4-2-3-6-10-16)15-19-18-13-8-5-7-11-20(13)15/h5,7-8,11-12H,2-4,6,9-10,16H2,1H3,(H,17,21). The van der Waals surface area contributed by atoms with Gasteiger partial charge >= 0.3 is 0 Å². The van der Waals surface area contributed by atoms with Crippen LogP contribution in [0.3, 0.4) is 0 Å². The van der Waals surface area contributed by atoms with Crippen LogP contribution >= 0.6 is 0 Å². The minimum absolute atomic E-state index is 0.0583. The van der Waals surface area contributed by atoms with E-state index < -0.39 is 0 Å². The van der Waals surface area contributed by atoms with Crippen LogP contribution in [0.1, 0.15) is 50.9 Å². The van der Waals surface area contributed by atoms with Gasteiger partial charge in [-0.15, -0.1) is 10.2 Å². The van der Waals surface area contributed by atoms with Crippen molar-refractivity contribution in [2.24, 2.45) is 5.73 Å². The normalized spacial score (nSPS) is 12.5. The number of nitrogens with two attached hydrogens (primary N) is 1. The van der Waals surface area contributed by atoms with Gasteiger partial charge in [0.2, 0.25) is 5.91 Å². The highest BCUT2D eigenvalue weighted by molar-refractivity contribution is 5.76. The summed E-state index contributed by atoms with van der Waals surface area (Å²) < 4.78 is 1.90. The van der Waals surface area contributed by atoms with Gasteiger partial charge in [-0.25, -0.2) is 0 Å². The third-order valence-corrected chi connectivity index (χ3v) is 3.46. The lowest BCUT2D eigenvalue weighted by Crippen LogP contribution is -2.27. The molecule has 1 atom stereocenters. The van der Waals surface area contributed by atoms with Crippen molar-refractivity contribution in [1.29, 1.82) is 0 Å². The summed E-state index contributed by atoms with van der Waals surface area (Å²) in [5.41, 5.74) is 6.23. The average Bonchev–Trinajstić information content (AvgIpc) is 2.91. The lowest BCUT2D eigenvalue weighted by Gasteiger charge is -2.12. The fourth-order valence-corrected chi connectivity index (χ4v) is 2.32. The number of aromatic nitrogens is 3. The van der Waals surface area contributed by atoms with E-state index in [1.54, 1.807) is 0 Å². The summed E-state index contributed by atoms with van der Waals surface area (Å²) in [5, 5.41) is 11.2. The Morgan fingerprint density at radius 3 is 2.90 bits per heavy atom. The van der Waals surface area contributed by atoms with Crippen molar-refractivity contribution in [3.05, 3.63) is 30.2 Å². The Kier molecular flexibility index (Phi) is 5.68. The van der Waals surface area contributed by atoms with E-state index in [4.69, 9.17) is 5.73 Å². The maximum atomic E-state index is 11.9. The van der Waals surface area contributed by atoms with Gasteiger partial charge in [0.25, 0.3) is 0 Å². The first-order valence-electron chi connectivity index (χ1n) is 7.51. The number of amides is 1. The number of unbranched alkanes of at least 4 members (excludes halogenated alkanes) is 3. The van der Waals surface area contributed by atoms with Gasteiger partial charge in [0.05, 0.1) is 6.04 Å². The molecule has 2 aromatic rings. The molecule has 6 heteroatoms. The second-order valence-electron chi connectivity index (χ2n) is 5.23. The number of hydrogen-bond acceptors (Lipinski definition) is 4. The van der Waals surface area contributed by atoms with E-state index >= 15 is 0 Å². The first-order valence-corrected chi connectivity index (χ1v) is 7.51. The van der Waals surface area contributed by atoms with E-state index in [2.05, 4.69) is 15.5 Å². The van der Waals surface area contributed by atoms with Crippen LogP contribution in [0, 0.1) is 0 Å². The number of nitrogens with one attached hydrogen (secondary N) is 1. The zero-order valence-electron chi connectivity index (χ0n) is 12.5. The van der Waals surface area contributed by atoms with E-state index in [9.17, 15) is 4.79 Å². The molecular weight excluding hydrogens is 266 g/mol. The molecule has 1 amide bonds. The van der Waals surface area contributed by atoms with E-state index in [-0.39, 0.29) is 11.9 Å². The molecule has 0 radical (unpaired) electrons. The SMILES string of the molecule is CC(NC(=O)CCCCCCN)c1nnc2ccccn12. The number of carbonyl (C=O) groups excluding carboxylic acids is 1. The number of pyridine rings is 1. The van der Waals surface area contributed by atoms with Gasteiger partial charge < -0.3 is 11.1 Å². The molecule has 0 aromatic carbocycles. The van der Waals surface area contributed by atoms with Gasteiger partial charge in [0, 0.05) is 12.6 Å². The number of hydrogen-bond donors (Lipinski definition) is 2. The number of carbonyl (C=O) groups is 1. The van der Waals surface area contributed by atoms with Crippen LogP contribution in [-0.4, -0.2) is 27.0 Å². The Hall–Kier alpha value is -1.95. The van der Waals surface area contributed by atoms with Crippen LogP contribution in [-0.2, 0) is 4.79 Å². The molecule has 6 nitrogen and oxygen atoms in total. The molecule has 3 N–H and O–H groups in total. The Balaban J connectivity index is 1.83. The lowest BCUT2D eigenvalue weighted by molar-refractivity contribution is -0.121. The molecule has 2 heterocycles. The van der Waals surface area contributed by atoms with Crippen LogP contribution in [0.25, 0.3) is 5.65 Å². The highest BCUT2D eigenvalue weighted by Gasteiger charge is 2.15. The molecular formula is C15H23N5O. The average molecular weight is 289 g/mol. The van der Waals surface area contributed by atoms with Gasteiger partial charge in [-0.1, -0.05) is 18.9 Å². The van der Waals surface area contributed by atoms with Crippen molar-refractivity contribution in [1.82, 2.24) is 19.9 Å². The maximum absolute atomic E-state index is 11.9. The first-order chi connectivity index (χ1) is 10.2. The van der Waals surface area contributed by atoms with E-state index in [0.29, 0.717) is 6.42 Å². The second kappa shape index (κ2) is 7.73. The van der Waals surface area contributed by atoms with Gasteiger partial charge in [0.1, 0.15) is 0 Å². The fraction of sp³-hybridized carbons (Fsp3) is 0.533. The quantitative estimate of drug-likeness (QED) is 0.726. The highest BCUT2D eigenvalue weighted by Crippen LogP contribution is 2.12. The number of rotatable bonds is 8. The monoisotopic (exact) mass is 289 g/mol. The molecule has 0 aliphatic rings. The first kappa shape index (κ1) is 15.4. The predicted octanol–water partition coefficient (Wildman–Crippen LogP) is 1.82. The molecule has 0 aliphatic heterocycles. The van der Waals surface area contributed by atoms with Crippen molar-refractivity contribution in [2.45, 2.75) is 45.1 Å². The van der Waals surface area contributed by atoms with Gasteiger partial charge in [-0.2, -0.15) is 0 Å². The number of fused-ring (bicyclic) bond motifs is 1. The van der Waals surface area contributed by atoms with Crippen molar-refractivity contribution < 1.29 is 4.79 Å². The molecule has 0 aliphatic carbocycles. The summed E-state index contributed by atoms with van der Waals surface area (Å²) in [5.74, 6) is 0.810.